The van der Waals surface area contributed by atoms with Crippen molar-refractivity contribution in [2.24, 2.45) is 0 Å². The predicted molar refractivity (Wildman–Crippen MR) is 81.6 cm³/mol. The van der Waals surface area contributed by atoms with Crippen LogP contribution in [-0.2, 0) is 11.3 Å². The highest BCUT2D eigenvalue weighted by Crippen LogP contribution is 2.25. The van der Waals surface area contributed by atoms with E-state index in [-0.39, 0.29) is 0 Å². The molecule has 0 amide bonds. The maximum absolute atomic E-state index is 5.76. The van der Waals surface area contributed by atoms with Crippen molar-refractivity contribution < 1.29 is 4.74 Å². The van der Waals surface area contributed by atoms with Gasteiger partial charge in [-0.05, 0) is 48.8 Å². The molecule has 1 aliphatic rings. The molecule has 1 aliphatic heterocycles. The third kappa shape index (κ3) is 3.91. The van der Waals surface area contributed by atoms with Crippen LogP contribution in [0.5, 0.6) is 0 Å². The minimum absolute atomic E-state index is 0.339. The van der Waals surface area contributed by atoms with E-state index >= 15 is 0 Å². The zero-order valence-corrected chi connectivity index (χ0v) is 13.2. The van der Waals surface area contributed by atoms with Crippen LogP contribution in [-0.4, -0.2) is 37.8 Å². The van der Waals surface area contributed by atoms with Crippen molar-refractivity contribution in [1.29, 1.82) is 0 Å². The first kappa shape index (κ1) is 14.8. The molecule has 1 unspecified atom stereocenters. The Bertz CT molecular complexity index is 412. The lowest BCUT2D eigenvalue weighted by molar-refractivity contribution is 0.0525. The van der Waals surface area contributed by atoms with Crippen molar-refractivity contribution in [3.63, 3.8) is 0 Å². The Labute approximate surface area is 123 Å². The summed E-state index contributed by atoms with van der Waals surface area (Å²) in [7, 11) is 1.96. The van der Waals surface area contributed by atoms with E-state index in [4.69, 9.17) is 4.74 Å². The number of hydrogen-bond acceptors (Lipinski definition) is 4. The Morgan fingerprint density at radius 1 is 1.58 bits per heavy atom. The van der Waals surface area contributed by atoms with Gasteiger partial charge in [0.15, 0.2) is 0 Å². The summed E-state index contributed by atoms with van der Waals surface area (Å²) < 4.78 is 6.79. The maximum atomic E-state index is 5.76. The molecule has 2 rings (SSSR count). The number of hydrogen-bond donors (Lipinski definition) is 1. The van der Waals surface area contributed by atoms with Crippen molar-refractivity contribution in [2.45, 2.75) is 32.4 Å². The van der Waals surface area contributed by atoms with E-state index in [0.29, 0.717) is 6.10 Å². The molecule has 4 nitrogen and oxygen atoms in total. The van der Waals surface area contributed by atoms with Crippen molar-refractivity contribution in [3.8, 4) is 0 Å². The molecule has 1 saturated heterocycles. The summed E-state index contributed by atoms with van der Waals surface area (Å²) in [4.78, 5) is 6.95. The molecule has 2 heterocycles. The van der Waals surface area contributed by atoms with Gasteiger partial charge in [0.1, 0.15) is 5.82 Å². The first-order chi connectivity index (χ1) is 9.24. The van der Waals surface area contributed by atoms with Crippen LogP contribution in [0.25, 0.3) is 0 Å². The van der Waals surface area contributed by atoms with Crippen molar-refractivity contribution in [1.82, 2.24) is 10.3 Å². The summed E-state index contributed by atoms with van der Waals surface area (Å²) in [5, 5.41) is 3.21. The van der Waals surface area contributed by atoms with Gasteiger partial charge in [-0.3, -0.25) is 0 Å². The van der Waals surface area contributed by atoms with Gasteiger partial charge in [0, 0.05) is 42.5 Å². The Kier molecular flexibility index (Phi) is 5.60. The molecule has 0 aromatic carbocycles. The molecule has 0 aliphatic carbocycles. The fourth-order valence-corrected chi connectivity index (χ4v) is 2.96. The van der Waals surface area contributed by atoms with Crippen LogP contribution in [0.2, 0.25) is 0 Å². The fourth-order valence-electron chi connectivity index (χ4n) is 2.58. The fraction of sp³-hybridized carbons (Fsp3) is 0.643. The second-order valence-electron chi connectivity index (χ2n) is 4.83. The molecule has 5 heteroatoms. The molecule has 1 aromatic rings. The molecule has 1 fully saturated rings. The SMILES string of the molecule is CCOC1CCCN(c2ncc(Br)cc2CNC)C1. The molecule has 19 heavy (non-hydrogen) atoms. The van der Waals surface area contributed by atoms with Gasteiger partial charge in [-0.25, -0.2) is 4.98 Å². The number of nitrogens with zero attached hydrogens (tertiary/aromatic N) is 2. The highest BCUT2D eigenvalue weighted by molar-refractivity contribution is 9.10. The summed E-state index contributed by atoms with van der Waals surface area (Å²) in [5.41, 5.74) is 1.23. The molecule has 106 valence electrons. The average molecular weight is 328 g/mol. The van der Waals surface area contributed by atoms with E-state index in [2.05, 4.69) is 44.1 Å². The monoisotopic (exact) mass is 327 g/mol. The van der Waals surface area contributed by atoms with Gasteiger partial charge in [-0.2, -0.15) is 0 Å². The second-order valence-corrected chi connectivity index (χ2v) is 5.75. The Hall–Kier alpha value is -0.650. The van der Waals surface area contributed by atoms with Crippen LogP contribution in [0.15, 0.2) is 16.7 Å². The van der Waals surface area contributed by atoms with Crippen molar-refractivity contribution >= 4 is 21.7 Å². The van der Waals surface area contributed by atoms with E-state index in [1.807, 2.05) is 13.2 Å². The Balaban J connectivity index is 2.15. The van der Waals surface area contributed by atoms with Gasteiger partial charge in [-0.15, -0.1) is 0 Å². The first-order valence-electron chi connectivity index (χ1n) is 6.90. The molecule has 1 atom stereocenters. The lowest BCUT2D eigenvalue weighted by Crippen LogP contribution is -2.40. The average Bonchev–Trinajstić information content (AvgIpc) is 2.40. The largest absolute Gasteiger partial charge is 0.377 e. The maximum Gasteiger partial charge on any atom is 0.133 e. The number of nitrogens with one attached hydrogen (secondary N) is 1. The van der Waals surface area contributed by atoms with E-state index in [1.54, 1.807) is 0 Å². The minimum Gasteiger partial charge on any atom is -0.377 e. The van der Waals surface area contributed by atoms with Crippen molar-refractivity contribution in [2.75, 3.05) is 31.6 Å². The number of halogens is 1. The number of pyridine rings is 1. The molecule has 0 bridgehead atoms. The van der Waals surface area contributed by atoms with Crippen LogP contribution in [0.1, 0.15) is 25.3 Å². The van der Waals surface area contributed by atoms with E-state index in [9.17, 15) is 0 Å². The third-order valence-corrected chi connectivity index (χ3v) is 3.79. The summed E-state index contributed by atoms with van der Waals surface area (Å²) in [6.45, 7) is 5.69. The van der Waals surface area contributed by atoms with Gasteiger partial charge in [0.05, 0.1) is 6.10 Å². The summed E-state index contributed by atoms with van der Waals surface area (Å²) in [6, 6.07) is 2.14. The molecule has 1 aromatic heterocycles. The van der Waals surface area contributed by atoms with Crippen LogP contribution >= 0.6 is 15.9 Å². The lowest BCUT2D eigenvalue weighted by Gasteiger charge is -2.34. The van der Waals surface area contributed by atoms with E-state index in [1.165, 1.54) is 12.0 Å². The highest BCUT2D eigenvalue weighted by atomic mass is 79.9. The molecular formula is C14H22BrN3O. The second kappa shape index (κ2) is 7.22. The van der Waals surface area contributed by atoms with Gasteiger partial charge >= 0.3 is 0 Å². The third-order valence-electron chi connectivity index (χ3n) is 3.36. The zero-order valence-electron chi connectivity index (χ0n) is 11.7. The zero-order chi connectivity index (χ0) is 13.7. The van der Waals surface area contributed by atoms with Crippen LogP contribution in [0.3, 0.4) is 0 Å². The molecular weight excluding hydrogens is 306 g/mol. The minimum atomic E-state index is 0.339. The van der Waals surface area contributed by atoms with Gasteiger partial charge < -0.3 is 15.0 Å². The van der Waals surface area contributed by atoms with Gasteiger partial charge in [-0.1, -0.05) is 0 Å². The van der Waals surface area contributed by atoms with Crippen LogP contribution in [0, 0.1) is 0 Å². The van der Waals surface area contributed by atoms with Crippen molar-refractivity contribution in [3.05, 3.63) is 22.3 Å². The topological polar surface area (TPSA) is 37.4 Å². The number of ether oxygens (including phenoxy) is 1. The summed E-state index contributed by atoms with van der Waals surface area (Å²) in [5.74, 6) is 1.09. The van der Waals surface area contributed by atoms with E-state index < -0.39 is 0 Å². The van der Waals surface area contributed by atoms with Crippen LogP contribution < -0.4 is 10.2 Å². The standard InChI is InChI=1S/C14H22BrN3O/c1-3-19-13-5-4-6-18(10-13)14-11(8-16-2)7-12(15)9-17-14/h7,9,13,16H,3-6,8,10H2,1-2H3. The Morgan fingerprint density at radius 2 is 2.42 bits per heavy atom. The summed E-state index contributed by atoms with van der Waals surface area (Å²) >= 11 is 3.49. The lowest BCUT2D eigenvalue weighted by atomic mass is 10.1. The number of rotatable bonds is 5. The van der Waals surface area contributed by atoms with E-state index in [0.717, 1.165) is 43.0 Å². The highest BCUT2D eigenvalue weighted by Gasteiger charge is 2.22. The Morgan fingerprint density at radius 3 is 3.16 bits per heavy atom. The van der Waals surface area contributed by atoms with Gasteiger partial charge in [0.2, 0.25) is 0 Å². The smallest absolute Gasteiger partial charge is 0.133 e. The predicted octanol–water partition coefficient (Wildman–Crippen LogP) is 2.57. The molecule has 0 saturated carbocycles. The molecule has 1 N–H and O–H groups in total. The van der Waals surface area contributed by atoms with Crippen LogP contribution in [0.4, 0.5) is 5.82 Å². The first-order valence-corrected chi connectivity index (χ1v) is 7.69. The number of aromatic nitrogens is 1. The molecule has 0 radical (unpaired) electrons. The normalized spacial score (nSPS) is 19.7. The molecule has 0 spiro atoms. The quantitative estimate of drug-likeness (QED) is 0.901. The van der Waals surface area contributed by atoms with Gasteiger partial charge in [0.25, 0.3) is 0 Å². The summed E-state index contributed by atoms with van der Waals surface area (Å²) in [6.07, 6.45) is 4.54. The number of piperidine rings is 1. The number of anilines is 1.